The number of methoxy groups -OCH3 is 1. The lowest BCUT2D eigenvalue weighted by atomic mass is 10.0. The number of hydrogen-bond acceptors (Lipinski definition) is 6. The van der Waals surface area contributed by atoms with Gasteiger partial charge in [0, 0.05) is 51.4 Å². The number of benzene rings is 1. The number of anilines is 1. The van der Waals surface area contributed by atoms with E-state index in [1.807, 2.05) is 0 Å². The maximum Gasteiger partial charge on any atom is 0.273 e. The van der Waals surface area contributed by atoms with E-state index >= 15 is 0 Å². The van der Waals surface area contributed by atoms with E-state index < -0.39 is 12.0 Å². The standard InChI is InChI=1S/C16H24N4O3/c1-23-16-12-14(20(21)22)2-3-15(16)19-8-4-13(5-9-19)18-10-6-17-7-11-18/h2-3,12-13,17H,4-11H2,1H3/i1D3. The summed E-state index contributed by atoms with van der Waals surface area (Å²) in [5, 5.41) is 14.4. The summed E-state index contributed by atoms with van der Waals surface area (Å²) in [7, 11) is -2.65. The number of ether oxygens (including phenoxy) is 1. The van der Waals surface area contributed by atoms with Gasteiger partial charge in [-0.3, -0.25) is 15.0 Å². The van der Waals surface area contributed by atoms with Crippen LogP contribution in [0.2, 0.25) is 0 Å². The molecule has 0 atom stereocenters. The first kappa shape index (κ1) is 12.5. The number of rotatable bonds is 4. The largest absolute Gasteiger partial charge is 0.494 e. The lowest BCUT2D eigenvalue weighted by Crippen LogP contribution is -2.52. The summed E-state index contributed by atoms with van der Waals surface area (Å²) in [6.07, 6.45) is 1.95. The van der Waals surface area contributed by atoms with E-state index in [9.17, 15) is 10.1 Å². The summed E-state index contributed by atoms with van der Waals surface area (Å²) < 4.78 is 27.1. The lowest BCUT2D eigenvalue weighted by Gasteiger charge is -2.41. The zero-order chi connectivity index (χ0) is 18.7. The number of piperazine rings is 1. The SMILES string of the molecule is [2H]C([2H])([2H])Oc1cc([N+](=O)[O-])ccc1N1CCC(N2CCNCC2)CC1. The van der Waals surface area contributed by atoms with Gasteiger partial charge in [-0.2, -0.15) is 0 Å². The molecule has 23 heavy (non-hydrogen) atoms. The van der Waals surface area contributed by atoms with Crippen molar-refractivity contribution in [2.45, 2.75) is 18.9 Å². The van der Waals surface area contributed by atoms with Crippen LogP contribution in [0.1, 0.15) is 17.0 Å². The van der Waals surface area contributed by atoms with Gasteiger partial charge in [0.25, 0.3) is 5.69 Å². The van der Waals surface area contributed by atoms with Gasteiger partial charge in [-0.1, -0.05) is 0 Å². The first-order chi connectivity index (χ1) is 12.3. The second kappa shape index (κ2) is 7.14. The molecule has 1 N–H and O–H groups in total. The van der Waals surface area contributed by atoms with Crippen LogP contribution >= 0.6 is 0 Å². The fourth-order valence-electron chi connectivity index (χ4n) is 3.48. The van der Waals surface area contributed by atoms with E-state index in [2.05, 4.69) is 15.1 Å². The van der Waals surface area contributed by atoms with Crippen molar-refractivity contribution in [3.05, 3.63) is 28.3 Å². The van der Waals surface area contributed by atoms with Crippen molar-refractivity contribution >= 4 is 11.4 Å². The van der Waals surface area contributed by atoms with Crippen molar-refractivity contribution in [3.63, 3.8) is 0 Å². The number of hydrogen-bond donors (Lipinski definition) is 1. The molecule has 1 aromatic rings. The lowest BCUT2D eigenvalue weighted by molar-refractivity contribution is -0.384. The summed E-state index contributed by atoms with van der Waals surface area (Å²) in [4.78, 5) is 15.0. The molecule has 126 valence electrons. The summed E-state index contributed by atoms with van der Waals surface area (Å²) in [6.45, 7) is 5.66. The van der Waals surface area contributed by atoms with E-state index in [0.29, 0.717) is 11.7 Å². The molecule has 2 aliphatic rings. The second-order valence-electron chi connectivity index (χ2n) is 6.02. The molecule has 3 rings (SSSR count). The molecule has 0 saturated carbocycles. The van der Waals surface area contributed by atoms with Crippen LogP contribution in [-0.2, 0) is 0 Å². The number of piperidine rings is 1. The minimum Gasteiger partial charge on any atom is -0.494 e. The van der Waals surface area contributed by atoms with Crippen molar-refractivity contribution in [1.29, 1.82) is 0 Å². The molecule has 0 aliphatic carbocycles. The average molecular weight is 323 g/mol. The van der Waals surface area contributed by atoms with E-state index in [1.165, 1.54) is 12.1 Å². The van der Waals surface area contributed by atoms with Gasteiger partial charge in [-0.25, -0.2) is 0 Å². The van der Waals surface area contributed by atoms with Crippen molar-refractivity contribution in [2.75, 3.05) is 51.2 Å². The van der Waals surface area contributed by atoms with Crippen LogP contribution in [0.5, 0.6) is 5.75 Å². The molecule has 2 fully saturated rings. The number of non-ortho nitro benzene ring substituents is 1. The van der Waals surface area contributed by atoms with Crippen molar-refractivity contribution in [2.24, 2.45) is 0 Å². The summed E-state index contributed by atoms with van der Waals surface area (Å²) in [5.74, 6) is 0.0415. The van der Waals surface area contributed by atoms with Crippen LogP contribution in [0.25, 0.3) is 0 Å². The Morgan fingerprint density at radius 1 is 1.30 bits per heavy atom. The summed E-state index contributed by atoms with van der Waals surface area (Å²) >= 11 is 0. The van der Waals surface area contributed by atoms with E-state index in [-0.39, 0.29) is 11.4 Å². The van der Waals surface area contributed by atoms with E-state index in [1.54, 1.807) is 6.07 Å². The first-order valence-corrected chi connectivity index (χ1v) is 8.01. The Labute approximate surface area is 140 Å². The zero-order valence-electron chi connectivity index (χ0n) is 16.0. The fourth-order valence-corrected chi connectivity index (χ4v) is 3.48. The van der Waals surface area contributed by atoms with Crippen LogP contribution in [0.15, 0.2) is 18.2 Å². The van der Waals surface area contributed by atoms with Crippen molar-refractivity contribution < 1.29 is 13.8 Å². The molecule has 2 saturated heterocycles. The van der Waals surface area contributed by atoms with E-state index in [0.717, 1.165) is 52.1 Å². The second-order valence-corrected chi connectivity index (χ2v) is 6.02. The molecular weight excluding hydrogens is 296 g/mol. The Morgan fingerprint density at radius 2 is 2.04 bits per heavy atom. The smallest absolute Gasteiger partial charge is 0.273 e. The highest BCUT2D eigenvalue weighted by Gasteiger charge is 2.27. The summed E-state index contributed by atoms with van der Waals surface area (Å²) in [6, 6.07) is 4.71. The van der Waals surface area contributed by atoms with Gasteiger partial charge in [-0.15, -0.1) is 0 Å². The topological polar surface area (TPSA) is 70.9 Å². The molecule has 0 radical (unpaired) electrons. The molecule has 2 heterocycles. The predicted octanol–water partition coefficient (Wildman–Crippen LogP) is 1.48. The Kier molecular flexibility index (Phi) is 3.90. The normalized spacial score (nSPS) is 23.0. The third-order valence-electron chi connectivity index (χ3n) is 4.74. The molecule has 0 unspecified atom stereocenters. The summed E-state index contributed by atoms with van der Waals surface area (Å²) in [5.41, 5.74) is 0.425. The molecular formula is C16H24N4O3. The van der Waals surface area contributed by atoms with Crippen molar-refractivity contribution in [1.82, 2.24) is 10.2 Å². The van der Waals surface area contributed by atoms with Gasteiger partial charge in [0.15, 0.2) is 0 Å². The zero-order valence-corrected chi connectivity index (χ0v) is 13.0. The van der Waals surface area contributed by atoms with Gasteiger partial charge in [-0.05, 0) is 18.9 Å². The highest BCUT2D eigenvalue weighted by Crippen LogP contribution is 2.34. The molecule has 7 heteroatoms. The first-order valence-electron chi connectivity index (χ1n) is 9.51. The third-order valence-corrected chi connectivity index (χ3v) is 4.74. The molecule has 1 aromatic carbocycles. The van der Waals surface area contributed by atoms with Crippen LogP contribution < -0.4 is 15.0 Å². The Morgan fingerprint density at radius 3 is 2.70 bits per heavy atom. The minimum atomic E-state index is -2.65. The number of nitro groups is 1. The van der Waals surface area contributed by atoms with Crippen LogP contribution in [-0.4, -0.2) is 62.2 Å². The molecule has 7 nitrogen and oxygen atoms in total. The Hall–Kier alpha value is -1.86. The monoisotopic (exact) mass is 323 g/mol. The van der Waals surface area contributed by atoms with E-state index in [4.69, 9.17) is 8.85 Å². The Balaban J connectivity index is 1.73. The van der Waals surface area contributed by atoms with Gasteiger partial charge >= 0.3 is 0 Å². The van der Waals surface area contributed by atoms with Crippen LogP contribution in [0.3, 0.4) is 0 Å². The third kappa shape index (κ3) is 3.56. The number of nitro benzene ring substituents is 1. The van der Waals surface area contributed by atoms with Crippen LogP contribution in [0.4, 0.5) is 11.4 Å². The molecule has 0 amide bonds. The molecule has 2 aliphatic heterocycles. The fraction of sp³-hybridized carbons (Fsp3) is 0.625. The maximum absolute atomic E-state index is 11.0. The minimum absolute atomic E-state index is 0.0415. The highest BCUT2D eigenvalue weighted by molar-refractivity contribution is 5.62. The highest BCUT2D eigenvalue weighted by atomic mass is 16.6. The average Bonchev–Trinajstić information content (AvgIpc) is 2.61. The van der Waals surface area contributed by atoms with Gasteiger partial charge < -0.3 is 15.0 Å². The van der Waals surface area contributed by atoms with Gasteiger partial charge in [0.1, 0.15) is 5.75 Å². The predicted molar refractivity (Wildman–Crippen MR) is 89.3 cm³/mol. The Bertz CT molecular complexity index is 642. The van der Waals surface area contributed by atoms with Gasteiger partial charge in [0.2, 0.25) is 0 Å². The number of nitrogens with one attached hydrogen (secondary N) is 1. The maximum atomic E-state index is 11.0. The quantitative estimate of drug-likeness (QED) is 0.668. The molecule has 0 bridgehead atoms. The number of nitrogens with zero attached hydrogens (tertiary/aromatic N) is 3. The molecule has 0 aromatic heterocycles. The van der Waals surface area contributed by atoms with Crippen molar-refractivity contribution in [3.8, 4) is 5.75 Å². The molecule has 0 spiro atoms. The van der Waals surface area contributed by atoms with Gasteiger partial charge in [0.05, 0.1) is 27.8 Å². The van der Waals surface area contributed by atoms with Crippen LogP contribution in [0, 0.1) is 10.1 Å².